The number of hydrogen-bond acceptors (Lipinski definition) is 2. The van der Waals surface area contributed by atoms with Crippen LogP contribution < -0.4 is 0 Å². The minimum atomic E-state index is -0.454. The highest BCUT2D eigenvalue weighted by atomic mass is 32.1. The van der Waals surface area contributed by atoms with Gasteiger partial charge in [0.1, 0.15) is 5.82 Å². The molecule has 0 N–H and O–H groups in total. The number of rotatable bonds is 6. The second kappa shape index (κ2) is 7.20. The first-order valence-electron chi connectivity index (χ1n) is 6.78. The number of nitrogens with zero attached hydrogens (tertiary/aromatic N) is 1. The summed E-state index contributed by atoms with van der Waals surface area (Å²) in [6, 6.07) is 10.1. The summed E-state index contributed by atoms with van der Waals surface area (Å²) in [7, 11) is 0. The molecular formula is C16H18FNOS. The van der Waals surface area contributed by atoms with Gasteiger partial charge in [0.15, 0.2) is 0 Å². The van der Waals surface area contributed by atoms with E-state index in [9.17, 15) is 9.18 Å². The maximum absolute atomic E-state index is 13.8. The van der Waals surface area contributed by atoms with Crippen molar-refractivity contribution in [2.45, 2.75) is 26.3 Å². The summed E-state index contributed by atoms with van der Waals surface area (Å²) in [4.78, 5) is 15.3. The van der Waals surface area contributed by atoms with E-state index < -0.39 is 5.82 Å². The van der Waals surface area contributed by atoms with Crippen LogP contribution in [-0.2, 0) is 6.54 Å². The van der Waals surface area contributed by atoms with Gasteiger partial charge in [-0.2, -0.15) is 0 Å². The van der Waals surface area contributed by atoms with Crippen molar-refractivity contribution >= 4 is 17.2 Å². The molecule has 2 aromatic rings. The smallest absolute Gasteiger partial charge is 0.257 e. The molecule has 0 aliphatic heterocycles. The molecule has 0 aliphatic rings. The van der Waals surface area contributed by atoms with E-state index in [1.54, 1.807) is 34.4 Å². The Morgan fingerprint density at radius 2 is 2.05 bits per heavy atom. The molecule has 2 rings (SSSR count). The minimum absolute atomic E-state index is 0.153. The highest BCUT2D eigenvalue weighted by Gasteiger charge is 2.19. The zero-order chi connectivity index (χ0) is 14.4. The fourth-order valence-corrected chi connectivity index (χ4v) is 2.72. The van der Waals surface area contributed by atoms with E-state index in [1.165, 1.54) is 6.07 Å². The number of unbranched alkanes of at least 4 members (excludes halogenated alkanes) is 1. The van der Waals surface area contributed by atoms with Crippen molar-refractivity contribution in [3.05, 3.63) is 58.0 Å². The van der Waals surface area contributed by atoms with E-state index in [-0.39, 0.29) is 11.5 Å². The fraction of sp³-hybridized carbons (Fsp3) is 0.312. The van der Waals surface area contributed by atoms with Crippen LogP contribution in [0.25, 0.3) is 0 Å². The van der Waals surface area contributed by atoms with Gasteiger partial charge in [-0.1, -0.05) is 31.5 Å². The van der Waals surface area contributed by atoms with Gasteiger partial charge in [-0.25, -0.2) is 4.39 Å². The number of halogens is 1. The molecule has 1 heterocycles. The lowest BCUT2D eigenvalue weighted by Crippen LogP contribution is -2.31. The Kier molecular flexibility index (Phi) is 5.30. The van der Waals surface area contributed by atoms with Gasteiger partial charge in [-0.3, -0.25) is 4.79 Å². The fourth-order valence-electron chi connectivity index (χ4n) is 2.00. The van der Waals surface area contributed by atoms with Crippen LogP contribution in [-0.4, -0.2) is 17.4 Å². The van der Waals surface area contributed by atoms with E-state index in [4.69, 9.17) is 0 Å². The first-order valence-corrected chi connectivity index (χ1v) is 7.66. The molecule has 1 aromatic carbocycles. The second-order valence-corrected chi connectivity index (χ2v) is 5.67. The molecule has 0 unspecified atom stereocenters. The van der Waals surface area contributed by atoms with Crippen LogP contribution in [0.5, 0.6) is 0 Å². The lowest BCUT2D eigenvalue weighted by Gasteiger charge is -2.22. The number of carbonyl (C=O) groups excluding carboxylic acids is 1. The van der Waals surface area contributed by atoms with Crippen LogP contribution in [0.3, 0.4) is 0 Å². The summed E-state index contributed by atoms with van der Waals surface area (Å²) < 4.78 is 13.8. The summed E-state index contributed by atoms with van der Waals surface area (Å²) in [5.74, 6) is -0.685. The molecule has 0 spiro atoms. The van der Waals surface area contributed by atoms with E-state index in [0.29, 0.717) is 13.1 Å². The van der Waals surface area contributed by atoms with Crippen molar-refractivity contribution < 1.29 is 9.18 Å². The van der Waals surface area contributed by atoms with Crippen molar-refractivity contribution in [3.8, 4) is 0 Å². The van der Waals surface area contributed by atoms with Crippen molar-refractivity contribution in [2.24, 2.45) is 0 Å². The molecule has 1 amide bonds. The molecule has 4 heteroatoms. The molecular weight excluding hydrogens is 273 g/mol. The zero-order valence-electron chi connectivity index (χ0n) is 11.5. The van der Waals surface area contributed by atoms with Gasteiger partial charge < -0.3 is 4.90 Å². The predicted molar refractivity (Wildman–Crippen MR) is 80.4 cm³/mol. The monoisotopic (exact) mass is 291 g/mol. The van der Waals surface area contributed by atoms with Crippen LogP contribution in [0, 0.1) is 5.82 Å². The van der Waals surface area contributed by atoms with Crippen molar-refractivity contribution in [1.82, 2.24) is 4.90 Å². The summed E-state index contributed by atoms with van der Waals surface area (Å²) >= 11 is 1.61. The molecule has 0 aliphatic carbocycles. The van der Waals surface area contributed by atoms with Crippen molar-refractivity contribution in [3.63, 3.8) is 0 Å². The molecule has 0 saturated carbocycles. The largest absolute Gasteiger partial charge is 0.333 e. The molecule has 0 atom stereocenters. The number of benzene rings is 1. The Balaban J connectivity index is 2.17. The first-order chi connectivity index (χ1) is 9.72. The van der Waals surface area contributed by atoms with Gasteiger partial charge >= 0.3 is 0 Å². The maximum Gasteiger partial charge on any atom is 0.257 e. The summed E-state index contributed by atoms with van der Waals surface area (Å²) in [6.07, 6.45) is 1.93. The molecule has 1 aromatic heterocycles. The van der Waals surface area contributed by atoms with E-state index in [0.717, 1.165) is 17.7 Å². The normalized spacial score (nSPS) is 10.5. The van der Waals surface area contributed by atoms with Gasteiger partial charge in [-0.15, -0.1) is 11.3 Å². The number of hydrogen-bond donors (Lipinski definition) is 0. The summed E-state index contributed by atoms with van der Waals surface area (Å²) in [5, 5.41) is 1.99. The van der Waals surface area contributed by atoms with Gasteiger partial charge in [0.25, 0.3) is 5.91 Å². The third-order valence-electron chi connectivity index (χ3n) is 3.10. The molecule has 0 fully saturated rings. The molecule has 20 heavy (non-hydrogen) atoms. The van der Waals surface area contributed by atoms with Crippen LogP contribution >= 0.6 is 11.3 Å². The van der Waals surface area contributed by atoms with E-state index in [2.05, 4.69) is 6.92 Å². The Morgan fingerprint density at radius 3 is 2.70 bits per heavy atom. The third kappa shape index (κ3) is 3.67. The van der Waals surface area contributed by atoms with Crippen LogP contribution in [0.15, 0.2) is 41.8 Å². The average Bonchev–Trinajstić information content (AvgIpc) is 2.96. The van der Waals surface area contributed by atoms with Crippen LogP contribution in [0.1, 0.15) is 35.0 Å². The molecule has 0 radical (unpaired) electrons. The number of amides is 1. The Labute approximate surface area is 122 Å². The van der Waals surface area contributed by atoms with E-state index in [1.807, 2.05) is 17.5 Å². The Morgan fingerprint density at radius 1 is 1.25 bits per heavy atom. The third-order valence-corrected chi connectivity index (χ3v) is 3.96. The van der Waals surface area contributed by atoms with Gasteiger partial charge in [-0.05, 0) is 30.0 Å². The van der Waals surface area contributed by atoms with Gasteiger partial charge in [0.2, 0.25) is 0 Å². The zero-order valence-corrected chi connectivity index (χ0v) is 12.3. The average molecular weight is 291 g/mol. The van der Waals surface area contributed by atoms with Crippen molar-refractivity contribution in [1.29, 1.82) is 0 Å². The lowest BCUT2D eigenvalue weighted by molar-refractivity contribution is 0.0738. The van der Waals surface area contributed by atoms with Crippen LogP contribution in [0.2, 0.25) is 0 Å². The highest BCUT2D eigenvalue weighted by Crippen LogP contribution is 2.16. The maximum atomic E-state index is 13.8. The standard InChI is InChI=1S/C16H18FNOS/c1-2-3-10-18(12-13-7-6-11-20-13)16(19)14-8-4-5-9-15(14)17/h4-9,11H,2-3,10,12H2,1H3. The second-order valence-electron chi connectivity index (χ2n) is 4.64. The lowest BCUT2D eigenvalue weighted by atomic mass is 10.1. The van der Waals surface area contributed by atoms with Gasteiger partial charge in [0.05, 0.1) is 12.1 Å². The van der Waals surface area contributed by atoms with Crippen molar-refractivity contribution in [2.75, 3.05) is 6.54 Å². The highest BCUT2D eigenvalue weighted by molar-refractivity contribution is 7.09. The minimum Gasteiger partial charge on any atom is -0.333 e. The summed E-state index contributed by atoms with van der Waals surface area (Å²) in [6.45, 7) is 3.28. The molecule has 106 valence electrons. The summed E-state index contributed by atoms with van der Waals surface area (Å²) in [5.41, 5.74) is 0.153. The molecule has 2 nitrogen and oxygen atoms in total. The molecule has 0 saturated heterocycles. The topological polar surface area (TPSA) is 20.3 Å². The Hall–Kier alpha value is -1.68. The quantitative estimate of drug-likeness (QED) is 0.775. The molecule has 0 bridgehead atoms. The van der Waals surface area contributed by atoms with Crippen LogP contribution in [0.4, 0.5) is 4.39 Å². The van der Waals surface area contributed by atoms with E-state index >= 15 is 0 Å². The Bertz CT molecular complexity index is 553. The first kappa shape index (κ1) is 14.7. The van der Waals surface area contributed by atoms with Gasteiger partial charge in [0, 0.05) is 11.4 Å². The predicted octanol–water partition coefficient (Wildman–Crippen LogP) is 4.33. The SMILES string of the molecule is CCCCN(Cc1cccs1)C(=O)c1ccccc1F. The number of carbonyl (C=O) groups is 1. The number of thiophene rings is 1.